The summed E-state index contributed by atoms with van der Waals surface area (Å²) in [7, 11) is 1.56. The van der Waals surface area contributed by atoms with Gasteiger partial charge >= 0.3 is 0 Å². The Kier molecular flexibility index (Phi) is 5.44. The minimum atomic E-state index is -0.0896. The van der Waals surface area contributed by atoms with Gasteiger partial charge in [0.1, 0.15) is 5.75 Å². The van der Waals surface area contributed by atoms with Crippen LogP contribution < -0.4 is 15.8 Å². The van der Waals surface area contributed by atoms with E-state index in [9.17, 15) is 4.79 Å². The SMILES string of the molecule is COc1ccc(C(=O)NCC(C)N2CCCCC2)cc1N. The van der Waals surface area contributed by atoms with Crippen LogP contribution in [0.25, 0.3) is 0 Å². The molecule has 0 spiro atoms. The molecular formula is C16H25N3O2. The number of nitrogens with zero attached hydrogens (tertiary/aromatic N) is 1. The number of nitrogens with one attached hydrogen (secondary N) is 1. The molecule has 5 heteroatoms. The molecule has 1 aromatic carbocycles. The molecule has 0 bridgehead atoms. The lowest BCUT2D eigenvalue weighted by atomic mass is 10.1. The fourth-order valence-electron chi connectivity index (χ4n) is 2.71. The zero-order valence-corrected chi connectivity index (χ0v) is 12.9. The number of amides is 1. The second-order valence-electron chi connectivity index (χ2n) is 5.61. The molecule has 1 saturated heterocycles. The maximum atomic E-state index is 12.2. The van der Waals surface area contributed by atoms with Crippen molar-refractivity contribution in [3.05, 3.63) is 23.8 Å². The van der Waals surface area contributed by atoms with Crippen LogP contribution in [-0.2, 0) is 0 Å². The Labute approximate surface area is 126 Å². The molecule has 5 nitrogen and oxygen atoms in total. The molecule has 3 N–H and O–H groups in total. The Balaban J connectivity index is 1.87. The van der Waals surface area contributed by atoms with Crippen molar-refractivity contribution in [2.75, 3.05) is 32.5 Å². The second kappa shape index (κ2) is 7.31. The van der Waals surface area contributed by atoms with Crippen LogP contribution in [-0.4, -0.2) is 43.6 Å². The smallest absolute Gasteiger partial charge is 0.251 e. The lowest BCUT2D eigenvalue weighted by molar-refractivity contribution is 0.0930. The number of anilines is 1. The van der Waals surface area contributed by atoms with Crippen LogP contribution in [0.1, 0.15) is 36.5 Å². The molecule has 1 heterocycles. The van der Waals surface area contributed by atoms with Gasteiger partial charge in [-0.3, -0.25) is 9.69 Å². The van der Waals surface area contributed by atoms with Gasteiger partial charge in [-0.1, -0.05) is 6.42 Å². The minimum absolute atomic E-state index is 0.0896. The number of nitrogen functional groups attached to an aromatic ring is 1. The van der Waals surface area contributed by atoms with E-state index in [-0.39, 0.29) is 5.91 Å². The number of ether oxygens (including phenoxy) is 1. The number of benzene rings is 1. The number of hydrogen-bond donors (Lipinski definition) is 2. The fraction of sp³-hybridized carbons (Fsp3) is 0.562. The third-order valence-electron chi connectivity index (χ3n) is 4.06. The lowest BCUT2D eigenvalue weighted by Gasteiger charge is -2.32. The largest absolute Gasteiger partial charge is 0.495 e. The number of nitrogens with two attached hydrogens (primary N) is 1. The minimum Gasteiger partial charge on any atom is -0.495 e. The van der Waals surface area contributed by atoms with Crippen LogP contribution in [0, 0.1) is 0 Å². The van der Waals surface area contributed by atoms with Gasteiger partial charge in [0.15, 0.2) is 0 Å². The monoisotopic (exact) mass is 291 g/mol. The number of piperidine rings is 1. The van der Waals surface area contributed by atoms with Crippen LogP contribution in [0.5, 0.6) is 5.75 Å². The molecule has 1 amide bonds. The highest BCUT2D eigenvalue weighted by molar-refractivity contribution is 5.95. The molecule has 1 aromatic rings. The van der Waals surface area contributed by atoms with Gasteiger partial charge in [-0.15, -0.1) is 0 Å². The standard InChI is InChI=1S/C16H25N3O2/c1-12(19-8-4-3-5-9-19)11-18-16(20)13-6-7-15(21-2)14(17)10-13/h6-7,10,12H,3-5,8-9,11,17H2,1-2H3,(H,18,20). The maximum Gasteiger partial charge on any atom is 0.251 e. The van der Waals surface area contributed by atoms with Crippen molar-refractivity contribution >= 4 is 11.6 Å². The van der Waals surface area contributed by atoms with E-state index in [2.05, 4.69) is 17.1 Å². The quantitative estimate of drug-likeness (QED) is 0.813. The van der Waals surface area contributed by atoms with E-state index in [1.165, 1.54) is 19.3 Å². The van der Waals surface area contributed by atoms with Crippen LogP contribution >= 0.6 is 0 Å². The predicted molar refractivity (Wildman–Crippen MR) is 84.6 cm³/mol. The Hall–Kier alpha value is -1.75. The number of methoxy groups -OCH3 is 1. The summed E-state index contributed by atoms with van der Waals surface area (Å²) in [5.41, 5.74) is 6.88. The Morgan fingerprint density at radius 2 is 2.10 bits per heavy atom. The van der Waals surface area contributed by atoms with Gasteiger partial charge in [0, 0.05) is 18.2 Å². The van der Waals surface area contributed by atoms with Gasteiger partial charge in [0.25, 0.3) is 5.91 Å². The molecule has 0 aliphatic carbocycles. The first kappa shape index (κ1) is 15.6. The summed E-state index contributed by atoms with van der Waals surface area (Å²) in [5, 5.41) is 2.98. The highest BCUT2D eigenvalue weighted by Gasteiger charge is 2.17. The van der Waals surface area contributed by atoms with E-state index in [1.807, 2.05) is 0 Å². The molecular weight excluding hydrogens is 266 g/mol. The van der Waals surface area contributed by atoms with Crippen molar-refractivity contribution in [1.29, 1.82) is 0 Å². The number of hydrogen-bond acceptors (Lipinski definition) is 4. The summed E-state index contributed by atoms with van der Waals surface area (Å²) >= 11 is 0. The number of carbonyl (C=O) groups excluding carboxylic acids is 1. The van der Waals surface area contributed by atoms with Crippen molar-refractivity contribution in [2.24, 2.45) is 0 Å². The first-order valence-electron chi connectivity index (χ1n) is 7.57. The number of carbonyl (C=O) groups is 1. The molecule has 0 aromatic heterocycles. The Morgan fingerprint density at radius 3 is 2.71 bits per heavy atom. The average Bonchev–Trinajstić information content (AvgIpc) is 2.53. The molecule has 1 unspecified atom stereocenters. The molecule has 1 aliphatic rings. The van der Waals surface area contributed by atoms with E-state index in [0.29, 0.717) is 29.6 Å². The molecule has 1 aliphatic heterocycles. The molecule has 0 radical (unpaired) electrons. The summed E-state index contributed by atoms with van der Waals surface area (Å²) in [6.45, 7) is 5.08. The maximum absolute atomic E-state index is 12.2. The Morgan fingerprint density at radius 1 is 1.38 bits per heavy atom. The summed E-state index contributed by atoms with van der Waals surface area (Å²) in [6.07, 6.45) is 3.83. The van der Waals surface area contributed by atoms with Crippen molar-refractivity contribution in [1.82, 2.24) is 10.2 Å². The van der Waals surface area contributed by atoms with E-state index in [0.717, 1.165) is 13.1 Å². The molecule has 0 saturated carbocycles. The summed E-state index contributed by atoms with van der Waals surface area (Å²) in [6, 6.07) is 5.47. The summed E-state index contributed by atoms with van der Waals surface area (Å²) < 4.78 is 5.09. The topological polar surface area (TPSA) is 67.6 Å². The van der Waals surface area contributed by atoms with Crippen molar-refractivity contribution in [3.8, 4) is 5.75 Å². The fourth-order valence-corrected chi connectivity index (χ4v) is 2.71. The van der Waals surface area contributed by atoms with Crippen LogP contribution in [0.4, 0.5) is 5.69 Å². The molecule has 116 valence electrons. The number of rotatable bonds is 5. The van der Waals surface area contributed by atoms with Crippen molar-refractivity contribution in [3.63, 3.8) is 0 Å². The Bertz CT molecular complexity index is 484. The predicted octanol–water partition coefficient (Wildman–Crippen LogP) is 1.88. The van der Waals surface area contributed by atoms with Gasteiger partial charge in [-0.05, 0) is 51.1 Å². The third-order valence-corrected chi connectivity index (χ3v) is 4.06. The highest BCUT2D eigenvalue weighted by atomic mass is 16.5. The normalized spacial score (nSPS) is 17.2. The first-order chi connectivity index (χ1) is 10.1. The van der Waals surface area contributed by atoms with Crippen molar-refractivity contribution in [2.45, 2.75) is 32.2 Å². The van der Waals surface area contributed by atoms with Gasteiger partial charge in [-0.25, -0.2) is 0 Å². The van der Waals surface area contributed by atoms with E-state index in [4.69, 9.17) is 10.5 Å². The second-order valence-corrected chi connectivity index (χ2v) is 5.61. The van der Waals surface area contributed by atoms with Crippen LogP contribution in [0.2, 0.25) is 0 Å². The first-order valence-corrected chi connectivity index (χ1v) is 7.57. The van der Waals surface area contributed by atoms with E-state index < -0.39 is 0 Å². The molecule has 1 atom stereocenters. The molecule has 1 fully saturated rings. The summed E-state index contributed by atoms with van der Waals surface area (Å²) in [5.74, 6) is 0.501. The van der Waals surface area contributed by atoms with Crippen LogP contribution in [0.15, 0.2) is 18.2 Å². The summed E-state index contributed by atoms with van der Waals surface area (Å²) in [4.78, 5) is 14.6. The van der Waals surface area contributed by atoms with Gasteiger partial charge in [-0.2, -0.15) is 0 Å². The van der Waals surface area contributed by atoms with E-state index >= 15 is 0 Å². The van der Waals surface area contributed by atoms with Gasteiger partial charge in [0.05, 0.1) is 12.8 Å². The number of likely N-dealkylation sites (tertiary alicyclic amines) is 1. The van der Waals surface area contributed by atoms with Crippen molar-refractivity contribution < 1.29 is 9.53 Å². The lowest BCUT2D eigenvalue weighted by Crippen LogP contribution is -2.44. The van der Waals surface area contributed by atoms with Gasteiger partial charge < -0.3 is 15.8 Å². The zero-order chi connectivity index (χ0) is 15.2. The highest BCUT2D eigenvalue weighted by Crippen LogP contribution is 2.21. The molecule has 21 heavy (non-hydrogen) atoms. The zero-order valence-electron chi connectivity index (χ0n) is 12.9. The average molecular weight is 291 g/mol. The molecule has 2 rings (SSSR count). The van der Waals surface area contributed by atoms with E-state index in [1.54, 1.807) is 25.3 Å². The van der Waals surface area contributed by atoms with Gasteiger partial charge in [0.2, 0.25) is 0 Å². The third kappa shape index (κ3) is 4.11. The van der Waals surface area contributed by atoms with Crippen LogP contribution in [0.3, 0.4) is 0 Å².